The van der Waals surface area contributed by atoms with Crippen molar-refractivity contribution in [3.8, 4) is 5.75 Å². The minimum Gasteiger partial charge on any atom is -0.490 e. The fourth-order valence-corrected chi connectivity index (χ4v) is 9.21. The number of carbonyl (C=O) groups is 1. The zero-order valence-electron chi connectivity index (χ0n) is 24.6. The van der Waals surface area contributed by atoms with E-state index in [9.17, 15) is 9.00 Å². The van der Waals surface area contributed by atoms with E-state index in [1.54, 1.807) is 13.2 Å². The van der Waals surface area contributed by atoms with Gasteiger partial charge in [0.25, 0.3) is 5.91 Å². The molecule has 6 rings (SSSR count). The maximum absolute atomic E-state index is 13.4. The van der Waals surface area contributed by atoms with E-state index in [1.807, 2.05) is 18.2 Å². The largest absolute Gasteiger partial charge is 0.490 e. The number of nitrogens with zero attached hydrogens (tertiary/aromatic N) is 2. The van der Waals surface area contributed by atoms with Crippen LogP contribution < -0.4 is 14.8 Å². The molecular weight excluding hydrogens is 570 g/mol. The Balaban J connectivity index is 1.44. The van der Waals surface area contributed by atoms with Crippen LogP contribution in [-0.4, -0.2) is 48.8 Å². The second-order valence-corrected chi connectivity index (χ2v) is 15.0. The highest BCUT2D eigenvalue weighted by molar-refractivity contribution is 7.91. The van der Waals surface area contributed by atoms with Crippen LogP contribution in [-0.2, 0) is 26.5 Å². The number of fused-ring (bicyclic) bond motifs is 4. The smallest absolute Gasteiger partial charge is 0.286 e. The summed E-state index contributed by atoms with van der Waals surface area (Å²) in [6.07, 6.45) is 11.2. The van der Waals surface area contributed by atoms with Gasteiger partial charge >= 0.3 is 0 Å². The number of ether oxygens (including phenoxy) is 2. The van der Waals surface area contributed by atoms with Gasteiger partial charge in [0.1, 0.15) is 15.7 Å². The van der Waals surface area contributed by atoms with Crippen LogP contribution in [0.1, 0.15) is 66.9 Å². The van der Waals surface area contributed by atoms with Gasteiger partial charge in [0, 0.05) is 42.0 Å². The minimum atomic E-state index is -3.19. The van der Waals surface area contributed by atoms with E-state index in [1.165, 1.54) is 11.1 Å². The number of nitrogens with two attached hydrogens (primary N) is 1. The number of allylic oxidation sites excluding steroid dienone is 1. The summed E-state index contributed by atoms with van der Waals surface area (Å²) in [5, 5.41) is 6.92. The summed E-state index contributed by atoms with van der Waals surface area (Å²) in [4.78, 5) is 15.8. The molecule has 2 aliphatic carbocycles. The molecule has 6 atom stereocenters. The molecule has 2 N–H and O–H groups in total. The average Bonchev–Trinajstić information content (AvgIpc) is 3.10. The van der Waals surface area contributed by atoms with Crippen molar-refractivity contribution in [2.24, 2.45) is 27.3 Å². The number of carbonyl (C=O) groups excluding carboxylic acids is 1. The van der Waals surface area contributed by atoms with Crippen molar-refractivity contribution < 1.29 is 18.5 Å². The van der Waals surface area contributed by atoms with Crippen LogP contribution >= 0.6 is 11.6 Å². The number of aryl methyl sites for hydroxylation is 1. The number of halogens is 1. The molecule has 2 aliphatic heterocycles. The molecule has 2 aromatic carbocycles. The van der Waals surface area contributed by atoms with Gasteiger partial charge in [-0.05, 0) is 97.7 Å². The Morgan fingerprint density at radius 1 is 1.24 bits per heavy atom. The molecule has 0 aromatic heterocycles. The Kier molecular flexibility index (Phi) is 8.44. The lowest BCUT2D eigenvalue weighted by atomic mass is 9.68. The number of hydrogen-bond acceptors (Lipinski definition) is 5. The molecule has 1 fully saturated rings. The number of anilines is 1. The second-order valence-electron chi connectivity index (χ2n) is 12.7. The van der Waals surface area contributed by atoms with Gasteiger partial charge in [0.05, 0.1) is 18.4 Å². The third kappa shape index (κ3) is 5.88. The second kappa shape index (κ2) is 11.9. The molecular formula is C33H42ClN3O4S. The van der Waals surface area contributed by atoms with Crippen LogP contribution in [0.3, 0.4) is 0 Å². The van der Waals surface area contributed by atoms with Crippen molar-refractivity contribution in [1.82, 2.24) is 0 Å². The Morgan fingerprint density at radius 3 is 2.86 bits per heavy atom. The molecule has 0 saturated heterocycles. The van der Waals surface area contributed by atoms with Crippen molar-refractivity contribution in [2.45, 2.75) is 63.4 Å². The summed E-state index contributed by atoms with van der Waals surface area (Å²) in [6.45, 7) is 4.21. The summed E-state index contributed by atoms with van der Waals surface area (Å²) in [5.41, 5.74) is 3.66. The quantitative estimate of drug-likeness (QED) is 0.401. The molecule has 1 unspecified atom stereocenters. The first-order chi connectivity index (χ1) is 20.2. The first-order valence-corrected chi connectivity index (χ1v) is 17.4. The van der Waals surface area contributed by atoms with Crippen LogP contribution in [0.15, 0.2) is 52.9 Å². The Bertz CT molecular complexity index is 1500. The van der Waals surface area contributed by atoms with E-state index >= 15 is 0 Å². The first kappa shape index (κ1) is 29.7. The molecule has 2 aromatic rings. The molecule has 1 spiro atoms. The Morgan fingerprint density at radius 2 is 2.10 bits per heavy atom. The Hall–Kier alpha value is -2.39. The van der Waals surface area contributed by atoms with Crippen LogP contribution in [0.25, 0.3) is 0 Å². The highest BCUT2D eigenvalue weighted by Gasteiger charge is 2.44. The van der Waals surface area contributed by atoms with Crippen LogP contribution in [0.4, 0.5) is 5.69 Å². The average molecular weight is 612 g/mol. The van der Waals surface area contributed by atoms with Crippen molar-refractivity contribution in [1.29, 1.82) is 0 Å². The minimum absolute atomic E-state index is 0.0169. The van der Waals surface area contributed by atoms with Gasteiger partial charge in [-0.3, -0.25) is 4.79 Å². The van der Waals surface area contributed by atoms with Crippen LogP contribution in [0.2, 0.25) is 5.02 Å². The number of amides is 1. The number of rotatable bonds is 2. The van der Waals surface area contributed by atoms with E-state index in [4.69, 9.17) is 26.2 Å². The molecule has 7 nitrogen and oxygen atoms in total. The topological polar surface area (TPSA) is 94.2 Å². The van der Waals surface area contributed by atoms with Gasteiger partial charge < -0.3 is 14.4 Å². The first-order valence-electron chi connectivity index (χ1n) is 15.3. The third-order valence-electron chi connectivity index (χ3n) is 9.99. The lowest BCUT2D eigenvalue weighted by Gasteiger charge is -2.46. The number of hydrogen-bond donors (Lipinski definition) is 1. The van der Waals surface area contributed by atoms with E-state index in [0.717, 1.165) is 74.5 Å². The summed E-state index contributed by atoms with van der Waals surface area (Å²) in [5.74, 6) is 1.30. The lowest BCUT2D eigenvalue weighted by molar-refractivity contribution is 0.0131. The number of benzene rings is 2. The van der Waals surface area contributed by atoms with Crippen molar-refractivity contribution >= 4 is 33.1 Å². The van der Waals surface area contributed by atoms with E-state index in [2.05, 4.69) is 40.5 Å². The molecule has 2 heterocycles. The summed E-state index contributed by atoms with van der Waals surface area (Å²) >= 11 is 6.41. The molecule has 1 amide bonds. The summed E-state index contributed by atoms with van der Waals surface area (Å²) in [7, 11) is -1.40. The lowest BCUT2D eigenvalue weighted by Crippen LogP contribution is -2.49. The molecule has 4 aliphatic rings. The van der Waals surface area contributed by atoms with Crippen LogP contribution in [0.5, 0.6) is 5.75 Å². The van der Waals surface area contributed by atoms with Crippen LogP contribution in [0, 0.1) is 17.8 Å². The van der Waals surface area contributed by atoms with Gasteiger partial charge in [0.15, 0.2) is 0 Å². The maximum atomic E-state index is 13.4. The van der Waals surface area contributed by atoms with Crippen molar-refractivity contribution in [2.75, 3.05) is 37.5 Å². The maximum Gasteiger partial charge on any atom is 0.286 e. The molecule has 42 heavy (non-hydrogen) atoms. The predicted molar refractivity (Wildman–Crippen MR) is 169 cm³/mol. The standard InChI is InChI=1S/C33H42ClN3O4S/c1-3-22-6-4-8-30(40-2)27-12-9-25(27)18-37-20-33(15-5-7-23-16-26(34)11-13-28(23)33)21-41-31-14-10-24(17-29(31)37)32(38)36-42(35,39)19-22/h4,8,10-11,13-14,16-17,22,25,27,30H,3,5-7,9,12,15,18-21H2,1-2H3,(H2,35,36,38,39)/b8-4+/t22-,25-,27+,30-,33-,42?/m0/s1. The summed E-state index contributed by atoms with van der Waals surface area (Å²) in [6, 6.07) is 11.7. The third-order valence-corrected chi connectivity index (χ3v) is 11.7. The fraction of sp³-hybridized carbons (Fsp3) is 0.545. The van der Waals surface area contributed by atoms with E-state index in [-0.39, 0.29) is 23.2 Å². The SMILES string of the molecule is CC[C@H]1C/C=C/[C@H](OC)[C@@H]2CC[C@H]2CN2C[C@@]3(CCCc4cc(Cl)ccc43)COc3ccc(cc32)C(=O)N=S(N)(=O)C1. The highest BCUT2D eigenvalue weighted by Crippen LogP contribution is 2.47. The monoisotopic (exact) mass is 611 g/mol. The fourth-order valence-electron chi connectivity index (χ4n) is 7.51. The van der Waals surface area contributed by atoms with Gasteiger partial charge in [0.2, 0.25) is 0 Å². The van der Waals surface area contributed by atoms with Crippen molar-refractivity contribution in [3.63, 3.8) is 0 Å². The van der Waals surface area contributed by atoms with Gasteiger partial charge in [-0.25, -0.2) is 9.35 Å². The van der Waals surface area contributed by atoms with E-state index in [0.29, 0.717) is 24.0 Å². The molecule has 226 valence electrons. The predicted octanol–water partition coefficient (Wildman–Crippen LogP) is 6.32. The Labute approximate surface area is 255 Å². The highest BCUT2D eigenvalue weighted by atomic mass is 35.5. The molecule has 2 bridgehead atoms. The van der Waals surface area contributed by atoms with E-state index < -0.39 is 15.8 Å². The van der Waals surface area contributed by atoms with Gasteiger partial charge in [-0.15, -0.1) is 4.36 Å². The molecule has 0 radical (unpaired) electrons. The number of methoxy groups -OCH3 is 1. The van der Waals surface area contributed by atoms with Gasteiger partial charge in [-0.2, -0.15) is 0 Å². The zero-order valence-corrected chi connectivity index (χ0v) is 26.2. The normalized spacial score (nSPS) is 33.8. The molecule has 1 saturated carbocycles. The zero-order chi connectivity index (χ0) is 29.5. The summed E-state index contributed by atoms with van der Waals surface area (Å²) < 4.78 is 30.0. The molecule has 9 heteroatoms. The van der Waals surface area contributed by atoms with Crippen molar-refractivity contribution in [3.05, 3.63) is 70.3 Å². The van der Waals surface area contributed by atoms with Gasteiger partial charge in [-0.1, -0.05) is 43.2 Å².